The van der Waals surface area contributed by atoms with Crippen LogP contribution >= 0.6 is 24.6 Å². The van der Waals surface area contributed by atoms with Crippen LogP contribution in [0.4, 0.5) is 0 Å². The maximum absolute atomic E-state index is 12.0. The molecule has 1 saturated heterocycles. The van der Waals surface area contributed by atoms with Crippen LogP contribution in [0.2, 0.25) is 0 Å². The number of nitrogens with zero attached hydrogens (tertiary/aromatic N) is 2. The number of carbonyl (C=O) groups excluding carboxylic acids is 1. The molecule has 22 heavy (non-hydrogen) atoms. The van der Waals surface area contributed by atoms with Crippen molar-refractivity contribution in [2.75, 3.05) is 26.2 Å². The normalized spacial score (nSPS) is 14.2. The van der Waals surface area contributed by atoms with Gasteiger partial charge in [-0.15, -0.1) is 12.4 Å². The van der Waals surface area contributed by atoms with E-state index in [1.54, 1.807) is 9.80 Å². The number of carbonyl (C=O) groups is 2. The van der Waals surface area contributed by atoms with Crippen LogP contribution in [0.5, 0.6) is 0 Å². The van der Waals surface area contributed by atoms with Gasteiger partial charge in [-0.05, 0) is 17.8 Å². The highest BCUT2D eigenvalue weighted by atomic mass is 35.5. The van der Waals surface area contributed by atoms with Crippen LogP contribution in [0.1, 0.15) is 5.56 Å². The van der Waals surface area contributed by atoms with Crippen molar-refractivity contribution in [1.82, 2.24) is 15.1 Å². The molecule has 1 fully saturated rings. The Kier molecular flexibility index (Phi) is 7.23. The molecule has 8 heteroatoms. The zero-order valence-corrected chi connectivity index (χ0v) is 13.5. The number of thiocarbonyl (C=S) groups is 1. The van der Waals surface area contributed by atoms with Crippen LogP contribution in [0, 0.1) is 0 Å². The number of hydrogen-bond acceptors (Lipinski definition) is 4. The number of hydrogen-bond donors (Lipinski definition) is 2. The molecular formula is C14H18ClN3O3S. The van der Waals surface area contributed by atoms with Crippen molar-refractivity contribution in [3.63, 3.8) is 0 Å². The van der Waals surface area contributed by atoms with Crippen molar-refractivity contribution < 1.29 is 14.7 Å². The van der Waals surface area contributed by atoms with E-state index in [2.05, 4.69) is 5.32 Å². The minimum absolute atomic E-state index is 0. The molecule has 0 atom stereocenters. The van der Waals surface area contributed by atoms with Gasteiger partial charge in [0.1, 0.15) is 0 Å². The fraction of sp³-hybridized carbons (Fsp3) is 0.357. The van der Waals surface area contributed by atoms with E-state index < -0.39 is 5.97 Å². The largest absolute Gasteiger partial charge is 0.480 e. The van der Waals surface area contributed by atoms with Crippen molar-refractivity contribution >= 4 is 41.6 Å². The average Bonchev–Trinajstić information content (AvgIpc) is 2.72. The van der Waals surface area contributed by atoms with Crippen molar-refractivity contribution in [1.29, 1.82) is 0 Å². The van der Waals surface area contributed by atoms with Crippen molar-refractivity contribution in [3.8, 4) is 0 Å². The van der Waals surface area contributed by atoms with E-state index >= 15 is 0 Å². The molecule has 2 N–H and O–H groups in total. The quantitative estimate of drug-likeness (QED) is 0.561. The third-order valence-electron chi connectivity index (χ3n) is 3.15. The summed E-state index contributed by atoms with van der Waals surface area (Å²) >= 11 is 5.33. The lowest BCUT2D eigenvalue weighted by atomic mass is 10.2. The van der Waals surface area contributed by atoms with Crippen LogP contribution in [0.3, 0.4) is 0 Å². The topological polar surface area (TPSA) is 72.9 Å². The number of rotatable bonds is 7. The number of carboxylic acid groups (broad SMARTS) is 1. The van der Waals surface area contributed by atoms with E-state index in [-0.39, 0.29) is 31.4 Å². The smallest absolute Gasteiger partial charge is 0.317 e. The van der Waals surface area contributed by atoms with Gasteiger partial charge in [-0.2, -0.15) is 0 Å². The van der Waals surface area contributed by atoms with Crippen LogP contribution in [0.25, 0.3) is 0 Å². The molecule has 1 aliphatic heterocycles. The maximum atomic E-state index is 12.0. The van der Waals surface area contributed by atoms with Gasteiger partial charge < -0.3 is 15.3 Å². The van der Waals surface area contributed by atoms with Gasteiger partial charge in [0.2, 0.25) is 5.91 Å². The van der Waals surface area contributed by atoms with Crippen LogP contribution < -0.4 is 5.32 Å². The molecule has 0 unspecified atom stereocenters. The molecule has 1 heterocycles. The third-order valence-corrected chi connectivity index (χ3v) is 3.63. The van der Waals surface area contributed by atoms with Crippen molar-refractivity contribution in [2.24, 2.45) is 0 Å². The Bertz CT molecular complexity index is 541. The predicted octanol–water partition coefficient (Wildman–Crippen LogP) is 0.712. The summed E-state index contributed by atoms with van der Waals surface area (Å²) in [6, 6.07) is 9.67. The summed E-state index contributed by atoms with van der Waals surface area (Å²) < 4.78 is 0. The summed E-state index contributed by atoms with van der Waals surface area (Å²) in [6.07, 6.45) is 0. The molecule has 0 aromatic heterocycles. The Morgan fingerprint density at radius 2 is 2.00 bits per heavy atom. The molecule has 1 aromatic carbocycles. The fourth-order valence-electron chi connectivity index (χ4n) is 2.10. The zero-order chi connectivity index (χ0) is 15.2. The highest BCUT2D eigenvalue weighted by molar-refractivity contribution is 7.80. The van der Waals surface area contributed by atoms with Gasteiger partial charge >= 0.3 is 5.97 Å². The molecule has 2 rings (SSSR count). The van der Waals surface area contributed by atoms with Gasteiger partial charge in [0, 0.05) is 13.1 Å². The molecule has 1 aromatic rings. The first-order chi connectivity index (χ1) is 10.1. The molecule has 120 valence electrons. The number of aliphatic carboxylic acids is 1. The average molecular weight is 344 g/mol. The predicted molar refractivity (Wildman–Crippen MR) is 88.9 cm³/mol. The molecule has 0 aliphatic carbocycles. The van der Waals surface area contributed by atoms with E-state index in [1.165, 1.54) is 0 Å². The number of halogens is 1. The summed E-state index contributed by atoms with van der Waals surface area (Å²) in [6.45, 7) is 1.61. The van der Waals surface area contributed by atoms with E-state index in [0.29, 0.717) is 24.7 Å². The highest BCUT2D eigenvalue weighted by Gasteiger charge is 2.32. The van der Waals surface area contributed by atoms with E-state index in [0.717, 1.165) is 5.56 Å². The van der Waals surface area contributed by atoms with Crippen LogP contribution in [0.15, 0.2) is 30.3 Å². The van der Waals surface area contributed by atoms with Gasteiger partial charge in [-0.1, -0.05) is 30.3 Å². The Labute approximate surface area is 140 Å². The lowest BCUT2D eigenvalue weighted by Gasteiger charge is -2.20. The van der Waals surface area contributed by atoms with Crippen molar-refractivity contribution in [2.45, 2.75) is 6.54 Å². The number of carboxylic acids is 1. The first-order valence-electron chi connectivity index (χ1n) is 6.63. The van der Waals surface area contributed by atoms with Crippen LogP contribution in [-0.2, 0) is 16.1 Å². The summed E-state index contributed by atoms with van der Waals surface area (Å²) in [7, 11) is 0. The van der Waals surface area contributed by atoms with Gasteiger partial charge in [0.05, 0.1) is 19.6 Å². The van der Waals surface area contributed by atoms with Gasteiger partial charge in [0.15, 0.2) is 5.11 Å². The Morgan fingerprint density at radius 3 is 2.64 bits per heavy atom. The molecule has 1 amide bonds. The Balaban J connectivity index is 0.00000242. The zero-order valence-electron chi connectivity index (χ0n) is 11.9. The molecule has 0 spiro atoms. The fourth-order valence-corrected chi connectivity index (χ4v) is 2.42. The monoisotopic (exact) mass is 343 g/mol. The van der Waals surface area contributed by atoms with Gasteiger partial charge in [-0.25, -0.2) is 0 Å². The summed E-state index contributed by atoms with van der Waals surface area (Å²) in [5.41, 5.74) is 1.03. The lowest BCUT2D eigenvalue weighted by molar-refractivity contribution is -0.136. The summed E-state index contributed by atoms with van der Waals surface area (Å²) in [5.74, 6) is -0.928. The SMILES string of the molecule is Cl.O=C(O)CNCCN1CC(=O)N(Cc2ccccc2)C1=S. The van der Waals surface area contributed by atoms with Gasteiger partial charge in [0.25, 0.3) is 0 Å². The van der Waals surface area contributed by atoms with E-state index in [9.17, 15) is 9.59 Å². The minimum atomic E-state index is -0.902. The molecule has 0 bridgehead atoms. The van der Waals surface area contributed by atoms with E-state index in [4.69, 9.17) is 17.3 Å². The summed E-state index contributed by atoms with van der Waals surface area (Å²) in [4.78, 5) is 25.8. The number of nitrogens with one attached hydrogen (secondary N) is 1. The number of amides is 1. The molecule has 0 radical (unpaired) electrons. The second-order valence-corrected chi connectivity index (χ2v) is 5.11. The highest BCUT2D eigenvalue weighted by Crippen LogP contribution is 2.14. The second-order valence-electron chi connectivity index (χ2n) is 4.74. The second kappa shape index (κ2) is 8.67. The Hall–Kier alpha value is -1.70. The number of benzene rings is 1. The standard InChI is InChI=1S/C14H17N3O3S.ClH/c18-12-10-16(7-6-15-8-13(19)20)14(21)17(12)9-11-4-2-1-3-5-11;/h1-5,15H,6-10H2,(H,19,20);1H. The summed E-state index contributed by atoms with van der Waals surface area (Å²) in [5, 5.41) is 11.8. The molecule has 1 aliphatic rings. The molecule has 0 saturated carbocycles. The first kappa shape index (κ1) is 18.3. The lowest BCUT2D eigenvalue weighted by Crippen LogP contribution is -2.37. The van der Waals surface area contributed by atoms with Gasteiger partial charge in [-0.3, -0.25) is 14.5 Å². The Morgan fingerprint density at radius 1 is 1.32 bits per heavy atom. The molecule has 6 nitrogen and oxygen atoms in total. The van der Waals surface area contributed by atoms with Crippen molar-refractivity contribution in [3.05, 3.63) is 35.9 Å². The third kappa shape index (κ3) is 4.94. The molecular weight excluding hydrogens is 326 g/mol. The van der Waals surface area contributed by atoms with Crippen LogP contribution in [-0.4, -0.2) is 58.1 Å². The van der Waals surface area contributed by atoms with E-state index in [1.807, 2.05) is 30.3 Å². The maximum Gasteiger partial charge on any atom is 0.317 e. The first-order valence-corrected chi connectivity index (χ1v) is 7.04. The minimum Gasteiger partial charge on any atom is -0.480 e.